The minimum absolute atomic E-state index is 0.00400. The van der Waals surface area contributed by atoms with Crippen LogP contribution in [0.1, 0.15) is 36.9 Å². The Morgan fingerprint density at radius 2 is 1.96 bits per heavy atom. The second-order valence-corrected chi connectivity index (χ2v) is 7.93. The van der Waals surface area contributed by atoms with Crippen molar-refractivity contribution < 1.29 is 4.79 Å². The summed E-state index contributed by atoms with van der Waals surface area (Å²) >= 11 is 1.36. The molecule has 0 aliphatic heterocycles. The van der Waals surface area contributed by atoms with E-state index in [0.29, 0.717) is 5.16 Å². The van der Waals surface area contributed by atoms with Gasteiger partial charge in [-0.05, 0) is 59.9 Å². The molecule has 0 spiro atoms. The van der Waals surface area contributed by atoms with E-state index in [1.165, 1.54) is 22.9 Å². The Hall–Kier alpha value is -2.67. The number of nitrogens with zero attached hydrogens (tertiary/aromatic N) is 4. The van der Waals surface area contributed by atoms with Gasteiger partial charge < -0.3 is 5.32 Å². The van der Waals surface area contributed by atoms with Crippen LogP contribution in [0.25, 0.3) is 5.69 Å². The van der Waals surface area contributed by atoms with Crippen molar-refractivity contribution in [3.63, 3.8) is 0 Å². The summed E-state index contributed by atoms with van der Waals surface area (Å²) < 4.78 is 1.66. The molecule has 1 heterocycles. The molecular formula is C20H21N5OS. The van der Waals surface area contributed by atoms with Gasteiger partial charge in [0.25, 0.3) is 0 Å². The third kappa shape index (κ3) is 3.88. The Labute approximate surface area is 162 Å². The van der Waals surface area contributed by atoms with Crippen LogP contribution in [0, 0.1) is 0 Å². The third-order valence-electron chi connectivity index (χ3n) is 4.78. The maximum Gasteiger partial charge on any atom is 0.233 e. The Morgan fingerprint density at radius 1 is 1.19 bits per heavy atom. The van der Waals surface area contributed by atoms with Crippen LogP contribution in [-0.2, 0) is 11.2 Å². The van der Waals surface area contributed by atoms with E-state index in [-0.39, 0.29) is 17.2 Å². The van der Waals surface area contributed by atoms with Gasteiger partial charge in [-0.1, -0.05) is 54.2 Å². The predicted molar refractivity (Wildman–Crippen MR) is 105 cm³/mol. The van der Waals surface area contributed by atoms with E-state index in [1.807, 2.05) is 43.3 Å². The van der Waals surface area contributed by atoms with Crippen molar-refractivity contribution in [2.75, 3.05) is 0 Å². The molecule has 7 heteroatoms. The molecule has 0 fully saturated rings. The molecule has 1 aliphatic rings. The molecule has 0 radical (unpaired) electrons. The zero-order valence-electron chi connectivity index (χ0n) is 15.1. The van der Waals surface area contributed by atoms with Crippen molar-refractivity contribution in [2.45, 2.75) is 42.6 Å². The maximum absolute atomic E-state index is 12.8. The van der Waals surface area contributed by atoms with E-state index >= 15 is 0 Å². The van der Waals surface area contributed by atoms with E-state index in [0.717, 1.165) is 24.9 Å². The minimum atomic E-state index is -0.299. The Balaban J connectivity index is 1.45. The van der Waals surface area contributed by atoms with Gasteiger partial charge in [0.05, 0.1) is 17.0 Å². The molecule has 6 nitrogen and oxygen atoms in total. The summed E-state index contributed by atoms with van der Waals surface area (Å²) in [5.74, 6) is 0.00400. The van der Waals surface area contributed by atoms with Crippen LogP contribution in [0.15, 0.2) is 59.8 Å². The number of fused-ring (bicyclic) bond motifs is 1. The number of hydrogen-bond donors (Lipinski definition) is 1. The standard InChI is InChI=1S/C20H21N5OS/c1-14(27-20-22-23-24-25(20)16-10-3-2-4-11-16)19(26)21-18-13-7-9-15-8-5-6-12-17(15)18/h2-6,8,10-12,14,18H,7,9,13H2,1H3,(H,21,26)/t14-,18+/m1/s1. The van der Waals surface area contributed by atoms with E-state index in [2.05, 4.69) is 39.0 Å². The number of hydrogen-bond acceptors (Lipinski definition) is 5. The van der Waals surface area contributed by atoms with Gasteiger partial charge in [0.1, 0.15) is 0 Å². The Bertz CT molecular complexity index is 927. The number of amides is 1. The average Bonchev–Trinajstić information content (AvgIpc) is 3.17. The van der Waals surface area contributed by atoms with Crippen molar-refractivity contribution in [1.82, 2.24) is 25.5 Å². The molecular weight excluding hydrogens is 358 g/mol. The number of benzene rings is 2. The fraction of sp³-hybridized carbons (Fsp3) is 0.300. The van der Waals surface area contributed by atoms with Crippen molar-refractivity contribution in [1.29, 1.82) is 0 Å². The fourth-order valence-electron chi connectivity index (χ4n) is 3.39. The van der Waals surface area contributed by atoms with Crippen molar-refractivity contribution >= 4 is 17.7 Å². The molecule has 2 aromatic carbocycles. The van der Waals surface area contributed by atoms with Gasteiger partial charge in [0.15, 0.2) is 0 Å². The van der Waals surface area contributed by atoms with Crippen LogP contribution < -0.4 is 5.32 Å². The van der Waals surface area contributed by atoms with Gasteiger partial charge >= 0.3 is 0 Å². The van der Waals surface area contributed by atoms with Gasteiger partial charge in [-0.3, -0.25) is 4.79 Å². The van der Waals surface area contributed by atoms with Crippen molar-refractivity contribution in [2.24, 2.45) is 0 Å². The van der Waals surface area contributed by atoms with Crippen LogP contribution in [0.2, 0.25) is 0 Å². The van der Waals surface area contributed by atoms with Crippen molar-refractivity contribution in [3.8, 4) is 5.69 Å². The highest BCUT2D eigenvalue weighted by Gasteiger charge is 2.25. The highest BCUT2D eigenvalue weighted by Crippen LogP contribution is 2.30. The number of aryl methyl sites for hydroxylation is 1. The molecule has 2 atom stereocenters. The lowest BCUT2D eigenvalue weighted by molar-refractivity contribution is -0.121. The molecule has 138 valence electrons. The predicted octanol–water partition coefficient (Wildman–Crippen LogP) is 3.34. The first-order valence-corrected chi connectivity index (χ1v) is 9.99. The molecule has 4 rings (SSSR count). The summed E-state index contributed by atoms with van der Waals surface area (Å²) in [5.41, 5.74) is 3.45. The highest BCUT2D eigenvalue weighted by molar-refractivity contribution is 8.00. The lowest BCUT2D eigenvalue weighted by Gasteiger charge is -2.27. The summed E-state index contributed by atoms with van der Waals surface area (Å²) in [6.45, 7) is 1.89. The molecule has 1 aromatic heterocycles. The molecule has 3 aromatic rings. The number of tetrazole rings is 1. The SMILES string of the molecule is C[C@@H](Sc1nnnn1-c1ccccc1)C(=O)N[C@H]1CCCc2ccccc21. The van der Waals surface area contributed by atoms with E-state index in [9.17, 15) is 4.79 Å². The Kier molecular flexibility index (Phi) is 5.20. The van der Waals surface area contributed by atoms with Gasteiger partial charge in [-0.15, -0.1) is 5.10 Å². The van der Waals surface area contributed by atoms with Gasteiger partial charge in [-0.2, -0.15) is 4.68 Å². The molecule has 1 aliphatic carbocycles. The normalized spacial score (nSPS) is 17.1. The van der Waals surface area contributed by atoms with Crippen LogP contribution in [-0.4, -0.2) is 31.4 Å². The number of carbonyl (C=O) groups excluding carboxylic acids is 1. The number of thioether (sulfide) groups is 1. The average molecular weight is 379 g/mol. The third-order valence-corrected chi connectivity index (χ3v) is 5.81. The number of aromatic nitrogens is 4. The van der Waals surface area contributed by atoms with Gasteiger partial charge in [0.2, 0.25) is 11.1 Å². The van der Waals surface area contributed by atoms with Crippen molar-refractivity contribution in [3.05, 3.63) is 65.7 Å². The summed E-state index contributed by atoms with van der Waals surface area (Å²) in [6.07, 6.45) is 3.15. The number of rotatable bonds is 5. The molecule has 0 bridgehead atoms. The quantitative estimate of drug-likeness (QED) is 0.689. The summed E-state index contributed by atoms with van der Waals surface area (Å²) in [5, 5.41) is 15.4. The lowest BCUT2D eigenvalue weighted by atomic mass is 9.88. The molecule has 0 saturated carbocycles. The number of para-hydroxylation sites is 1. The van der Waals surface area contributed by atoms with Gasteiger partial charge in [0, 0.05) is 0 Å². The molecule has 1 amide bonds. The summed E-state index contributed by atoms with van der Waals surface area (Å²) in [7, 11) is 0. The zero-order valence-corrected chi connectivity index (χ0v) is 15.9. The van der Waals surface area contributed by atoms with E-state index < -0.39 is 0 Å². The van der Waals surface area contributed by atoms with Crippen LogP contribution >= 0.6 is 11.8 Å². The van der Waals surface area contributed by atoms with E-state index in [4.69, 9.17) is 0 Å². The highest BCUT2D eigenvalue weighted by atomic mass is 32.2. The first-order chi connectivity index (χ1) is 13.2. The number of carbonyl (C=O) groups is 1. The summed E-state index contributed by atoms with van der Waals surface area (Å²) in [6, 6.07) is 18.1. The molecule has 27 heavy (non-hydrogen) atoms. The monoisotopic (exact) mass is 379 g/mol. The van der Waals surface area contributed by atoms with Crippen LogP contribution in [0.4, 0.5) is 0 Å². The second kappa shape index (κ2) is 7.92. The first-order valence-electron chi connectivity index (χ1n) is 9.11. The zero-order chi connectivity index (χ0) is 18.6. The maximum atomic E-state index is 12.8. The Morgan fingerprint density at radius 3 is 2.81 bits per heavy atom. The smallest absolute Gasteiger partial charge is 0.233 e. The summed E-state index contributed by atoms with van der Waals surface area (Å²) in [4.78, 5) is 12.8. The van der Waals surface area contributed by atoms with Crippen LogP contribution in [0.5, 0.6) is 0 Å². The largest absolute Gasteiger partial charge is 0.348 e. The fourth-order valence-corrected chi connectivity index (χ4v) is 4.20. The minimum Gasteiger partial charge on any atom is -0.348 e. The molecule has 0 unspecified atom stereocenters. The molecule has 0 saturated heterocycles. The second-order valence-electron chi connectivity index (χ2n) is 6.62. The van der Waals surface area contributed by atoms with E-state index in [1.54, 1.807) is 4.68 Å². The van der Waals surface area contributed by atoms with Gasteiger partial charge in [-0.25, -0.2) is 0 Å². The lowest BCUT2D eigenvalue weighted by Crippen LogP contribution is -2.36. The topological polar surface area (TPSA) is 72.7 Å². The first kappa shape index (κ1) is 17.7. The van der Waals surface area contributed by atoms with Crippen LogP contribution in [0.3, 0.4) is 0 Å². The molecule has 1 N–H and O–H groups in total. The number of nitrogens with one attached hydrogen (secondary N) is 1.